The summed E-state index contributed by atoms with van der Waals surface area (Å²) in [4.78, 5) is 0. The van der Waals surface area contributed by atoms with Crippen molar-refractivity contribution in [2.75, 3.05) is 0 Å². The molecule has 1 aromatic rings. The van der Waals surface area contributed by atoms with Crippen LogP contribution in [0, 0.1) is 0 Å². The molecule has 0 aliphatic rings. The Balaban J connectivity index is 2.63. The number of aromatic hydroxyl groups is 1. The first kappa shape index (κ1) is 10.4. The van der Waals surface area contributed by atoms with Crippen molar-refractivity contribution in [3.05, 3.63) is 28.8 Å². The van der Waals surface area contributed by atoms with Gasteiger partial charge < -0.3 is 10.2 Å². The molecule has 0 radical (unpaired) electrons. The fraction of sp³-hybridized carbons (Fsp3) is 0.400. The molecule has 0 aliphatic heterocycles. The molecular formula is C10H13ClO2. The molecule has 13 heavy (non-hydrogen) atoms. The van der Waals surface area contributed by atoms with E-state index >= 15 is 0 Å². The maximum Gasteiger partial charge on any atom is 0.134 e. The number of aliphatic hydroxyl groups is 1. The van der Waals surface area contributed by atoms with E-state index in [1.807, 2.05) is 6.07 Å². The van der Waals surface area contributed by atoms with Crippen LogP contribution in [0.4, 0.5) is 0 Å². The lowest BCUT2D eigenvalue weighted by Crippen LogP contribution is -2.01. The van der Waals surface area contributed by atoms with E-state index in [2.05, 4.69) is 0 Å². The van der Waals surface area contributed by atoms with Crippen molar-refractivity contribution in [3.8, 4) is 5.75 Å². The summed E-state index contributed by atoms with van der Waals surface area (Å²) in [6, 6.07) is 5.10. The zero-order valence-corrected chi connectivity index (χ0v) is 8.25. The van der Waals surface area contributed by atoms with Gasteiger partial charge in [0.15, 0.2) is 0 Å². The Morgan fingerprint density at radius 2 is 2.15 bits per heavy atom. The van der Waals surface area contributed by atoms with Crippen molar-refractivity contribution >= 4 is 11.6 Å². The summed E-state index contributed by atoms with van der Waals surface area (Å²) in [6.07, 6.45) is 1.19. The number of phenolic OH excluding ortho intramolecular Hbond substituents is 1. The number of aryl methyl sites for hydroxylation is 1. The number of hydrogen-bond acceptors (Lipinski definition) is 2. The summed E-state index contributed by atoms with van der Waals surface area (Å²) in [6.45, 7) is 1.75. The van der Waals surface area contributed by atoms with E-state index in [9.17, 15) is 0 Å². The van der Waals surface area contributed by atoms with E-state index in [0.717, 1.165) is 12.0 Å². The van der Waals surface area contributed by atoms with Gasteiger partial charge in [0.05, 0.1) is 11.1 Å². The molecule has 0 spiro atoms. The SMILES string of the molecule is C[C@@H](O)CCc1ccc(O)c(Cl)c1. The highest BCUT2D eigenvalue weighted by Crippen LogP contribution is 2.24. The molecule has 0 bridgehead atoms. The lowest BCUT2D eigenvalue weighted by atomic mass is 10.1. The Morgan fingerprint density at radius 1 is 1.46 bits per heavy atom. The van der Waals surface area contributed by atoms with Gasteiger partial charge in [-0.15, -0.1) is 0 Å². The minimum atomic E-state index is -0.299. The van der Waals surface area contributed by atoms with E-state index in [-0.39, 0.29) is 11.9 Å². The van der Waals surface area contributed by atoms with Gasteiger partial charge in [0.25, 0.3) is 0 Å². The minimum Gasteiger partial charge on any atom is -0.506 e. The number of aliphatic hydroxyl groups excluding tert-OH is 1. The third-order valence-electron chi connectivity index (χ3n) is 1.86. The van der Waals surface area contributed by atoms with Crippen molar-refractivity contribution in [2.45, 2.75) is 25.9 Å². The van der Waals surface area contributed by atoms with Gasteiger partial charge in [0.2, 0.25) is 0 Å². The first-order valence-corrected chi connectivity index (χ1v) is 4.63. The highest BCUT2D eigenvalue weighted by Gasteiger charge is 2.01. The molecule has 1 aromatic carbocycles. The van der Waals surface area contributed by atoms with E-state index in [1.54, 1.807) is 19.1 Å². The number of hydrogen-bond donors (Lipinski definition) is 2. The summed E-state index contributed by atoms with van der Waals surface area (Å²) < 4.78 is 0. The van der Waals surface area contributed by atoms with Crippen LogP contribution in [0.1, 0.15) is 18.9 Å². The van der Waals surface area contributed by atoms with Crippen LogP contribution < -0.4 is 0 Å². The molecule has 0 amide bonds. The number of halogens is 1. The third kappa shape index (κ3) is 3.25. The topological polar surface area (TPSA) is 40.5 Å². The van der Waals surface area contributed by atoms with E-state index in [4.69, 9.17) is 21.8 Å². The number of phenols is 1. The van der Waals surface area contributed by atoms with Crippen LogP contribution in [0.3, 0.4) is 0 Å². The molecule has 0 fully saturated rings. The molecule has 0 aliphatic carbocycles. The lowest BCUT2D eigenvalue weighted by molar-refractivity contribution is 0.185. The number of benzene rings is 1. The highest BCUT2D eigenvalue weighted by molar-refractivity contribution is 6.32. The first-order valence-electron chi connectivity index (χ1n) is 4.25. The average molecular weight is 201 g/mol. The van der Waals surface area contributed by atoms with Crippen LogP contribution in [0.2, 0.25) is 5.02 Å². The maximum absolute atomic E-state index is 9.14. The van der Waals surface area contributed by atoms with Crippen LogP contribution in [0.25, 0.3) is 0 Å². The fourth-order valence-corrected chi connectivity index (χ4v) is 1.28. The quantitative estimate of drug-likeness (QED) is 0.787. The average Bonchev–Trinajstić information content (AvgIpc) is 2.07. The number of rotatable bonds is 3. The van der Waals surface area contributed by atoms with Crippen LogP contribution in [0.15, 0.2) is 18.2 Å². The zero-order valence-electron chi connectivity index (χ0n) is 7.50. The monoisotopic (exact) mass is 200 g/mol. The molecule has 0 unspecified atom stereocenters. The Morgan fingerprint density at radius 3 is 2.69 bits per heavy atom. The van der Waals surface area contributed by atoms with E-state index in [0.29, 0.717) is 11.4 Å². The first-order chi connectivity index (χ1) is 6.09. The second-order valence-corrected chi connectivity index (χ2v) is 3.58. The van der Waals surface area contributed by atoms with Crippen molar-refractivity contribution in [1.82, 2.24) is 0 Å². The predicted molar refractivity (Wildman–Crippen MR) is 53.1 cm³/mol. The molecule has 0 heterocycles. The Kier molecular flexibility index (Phi) is 3.58. The minimum absolute atomic E-state index is 0.0995. The van der Waals surface area contributed by atoms with Gasteiger partial charge in [-0.25, -0.2) is 0 Å². The molecule has 2 nitrogen and oxygen atoms in total. The molecule has 0 aromatic heterocycles. The van der Waals surface area contributed by atoms with E-state index in [1.165, 1.54) is 0 Å². The zero-order chi connectivity index (χ0) is 9.84. The summed E-state index contributed by atoms with van der Waals surface area (Å²) in [5.41, 5.74) is 1.03. The molecular weight excluding hydrogens is 188 g/mol. The predicted octanol–water partition coefficient (Wildman–Crippen LogP) is 2.36. The molecule has 72 valence electrons. The summed E-state index contributed by atoms with van der Waals surface area (Å²) in [5, 5.41) is 18.6. The standard InChI is InChI=1S/C10H13ClO2/c1-7(12)2-3-8-4-5-10(13)9(11)6-8/h4-7,12-13H,2-3H2,1H3/t7-/m1/s1. The van der Waals surface area contributed by atoms with Crippen LogP contribution in [0.5, 0.6) is 5.75 Å². The van der Waals surface area contributed by atoms with Crippen molar-refractivity contribution in [2.24, 2.45) is 0 Å². The summed E-state index contributed by atoms with van der Waals surface area (Å²) >= 11 is 5.72. The largest absolute Gasteiger partial charge is 0.506 e. The second kappa shape index (κ2) is 4.49. The van der Waals surface area contributed by atoms with Crippen LogP contribution >= 0.6 is 11.6 Å². The van der Waals surface area contributed by atoms with Gasteiger partial charge in [-0.1, -0.05) is 17.7 Å². The Bertz CT molecular complexity index is 284. The molecule has 1 atom stereocenters. The van der Waals surface area contributed by atoms with Crippen LogP contribution in [-0.2, 0) is 6.42 Å². The normalized spacial score (nSPS) is 12.8. The van der Waals surface area contributed by atoms with Crippen molar-refractivity contribution in [1.29, 1.82) is 0 Å². The van der Waals surface area contributed by atoms with Crippen molar-refractivity contribution in [3.63, 3.8) is 0 Å². The third-order valence-corrected chi connectivity index (χ3v) is 2.17. The van der Waals surface area contributed by atoms with Gasteiger partial charge in [-0.3, -0.25) is 0 Å². The Labute approximate surface area is 82.8 Å². The molecule has 2 N–H and O–H groups in total. The van der Waals surface area contributed by atoms with E-state index < -0.39 is 0 Å². The van der Waals surface area contributed by atoms with Gasteiger partial charge in [-0.2, -0.15) is 0 Å². The Hall–Kier alpha value is -0.730. The highest BCUT2D eigenvalue weighted by atomic mass is 35.5. The van der Waals surface area contributed by atoms with Crippen molar-refractivity contribution < 1.29 is 10.2 Å². The summed E-state index contributed by atoms with van der Waals surface area (Å²) in [5.74, 6) is 0.0995. The summed E-state index contributed by atoms with van der Waals surface area (Å²) in [7, 11) is 0. The van der Waals surface area contributed by atoms with Gasteiger partial charge in [0.1, 0.15) is 5.75 Å². The molecule has 0 saturated carbocycles. The molecule has 1 rings (SSSR count). The molecule has 3 heteroatoms. The van der Waals surface area contributed by atoms with Gasteiger partial charge >= 0.3 is 0 Å². The lowest BCUT2D eigenvalue weighted by Gasteiger charge is -2.05. The fourth-order valence-electron chi connectivity index (χ4n) is 1.08. The van der Waals surface area contributed by atoms with Crippen LogP contribution in [-0.4, -0.2) is 16.3 Å². The van der Waals surface area contributed by atoms with Gasteiger partial charge in [0, 0.05) is 0 Å². The smallest absolute Gasteiger partial charge is 0.134 e. The van der Waals surface area contributed by atoms with Gasteiger partial charge in [-0.05, 0) is 37.5 Å². The molecule has 0 saturated heterocycles. The maximum atomic E-state index is 9.14. The second-order valence-electron chi connectivity index (χ2n) is 3.17.